The zero-order valence-electron chi connectivity index (χ0n) is 16.9. The molecule has 8 nitrogen and oxygen atoms in total. The minimum atomic E-state index is -4.66. The summed E-state index contributed by atoms with van der Waals surface area (Å²) < 4.78 is 60.2. The first kappa shape index (κ1) is 23.8. The molecule has 0 atom stereocenters. The normalized spacial score (nSPS) is 11.1. The first-order chi connectivity index (χ1) is 14.5. The molecule has 0 radical (unpaired) electrons. The molecule has 2 amide bonds. The minimum absolute atomic E-state index is 0.0815. The van der Waals surface area contributed by atoms with Crippen molar-refractivity contribution in [1.29, 1.82) is 0 Å². The lowest BCUT2D eigenvalue weighted by atomic mass is 10.2. The highest BCUT2D eigenvalue weighted by atomic mass is 19.4. The standard InChI is InChI=1S/C19H20F4N4O4/c1-4-15(28)26-14-7-11(5-10(2)25-14)16(29)24-8-12-6-13(20)18(27-17(12)30-3)31-9-19(21,22)23/h5-7H,4,8-9H2,1-3H3,(H,24,29)(H,25,26,28). The molecule has 168 valence electrons. The van der Waals surface area contributed by atoms with Crippen molar-refractivity contribution in [3.8, 4) is 11.8 Å². The monoisotopic (exact) mass is 444 g/mol. The number of ether oxygens (including phenoxy) is 2. The van der Waals surface area contributed by atoms with Crippen LogP contribution in [0.4, 0.5) is 23.4 Å². The number of rotatable bonds is 8. The summed E-state index contributed by atoms with van der Waals surface area (Å²) in [7, 11) is 1.19. The summed E-state index contributed by atoms with van der Waals surface area (Å²) in [6.07, 6.45) is -4.43. The van der Waals surface area contributed by atoms with Gasteiger partial charge in [0, 0.05) is 29.8 Å². The topological polar surface area (TPSA) is 102 Å². The fourth-order valence-corrected chi connectivity index (χ4v) is 2.42. The summed E-state index contributed by atoms with van der Waals surface area (Å²) >= 11 is 0. The number of aromatic nitrogens is 2. The Bertz CT molecular complexity index is 967. The van der Waals surface area contributed by atoms with Gasteiger partial charge in [-0.3, -0.25) is 9.59 Å². The van der Waals surface area contributed by atoms with Crippen LogP contribution >= 0.6 is 0 Å². The number of pyridine rings is 2. The number of methoxy groups -OCH3 is 1. The van der Waals surface area contributed by atoms with Crippen LogP contribution in [0.25, 0.3) is 0 Å². The molecule has 0 saturated carbocycles. The Morgan fingerprint density at radius 3 is 2.45 bits per heavy atom. The van der Waals surface area contributed by atoms with Crippen LogP contribution in [-0.4, -0.2) is 41.7 Å². The third-order valence-electron chi connectivity index (χ3n) is 3.79. The minimum Gasteiger partial charge on any atom is -0.481 e. The smallest absolute Gasteiger partial charge is 0.422 e. The second kappa shape index (κ2) is 10.0. The van der Waals surface area contributed by atoms with Gasteiger partial charge in [-0.25, -0.2) is 9.37 Å². The molecule has 2 aromatic rings. The van der Waals surface area contributed by atoms with Gasteiger partial charge in [0.15, 0.2) is 12.4 Å². The Kier molecular flexibility index (Phi) is 7.72. The van der Waals surface area contributed by atoms with E-state index >= 15 is 0 Å². The summed E-state index contributed by atoms with van der Waals surface area (Å²) in [5, 5.41) is 5.08. The zero-order chi connectivity index (χ0) is 23.2. The number of nitrogens with one attached hydrogen (secondary N) is 2. The fourth-order valence-electron chi connectivity index (χ4n) is 2.42. The van der Waals surface area contributed by atoms with Gasteiger partial charge in [-0.2, -0.15) is 18.2 Å². The number of hydrogen-bond acceptors (Lipinski definition) is 6. The SMILES string of the molecule is CCC(=O)Nc1cc(C(=O)NCc2cc(F)c(OCC(F)(F)F)nc2OC)cc(C)n1. The quantitative estimate of drug-likeness (QED) is 0.607. The highest BCUT2D eigenvalue weighted by Gasteiger charge is 2.29. The summed E-state index contributed by atoms with van der Waals surface area (Å²) in [6, 6.07) is 3.73. The molecule has 2 heterocycles. The van der Waals surface area contributed by atoms with E-state index in [0.29, 0.717) is 5.69 Å². The van der Waals surface area contributed by atoms with Crippen molar-refractivity contribution in [2.24, 2.45) is 0 Å². The highest BCUT2D eigenvalue weighted by molar-refractivity contribution is 5.96. The van der Waals surface area contributed by atoms with Gasteiger partial charge in [-0.15, -0.1) is 0 Å². The molecule has 0 aliphatic carbocycles. The molecule has 0 unspecified atom stereocenters. The molecule has 0 saturated heterocycles. The molecular weight excluding hydrogens is 424 g/mol. The average Bonchev–Trinajstić information content (AvgIpc) is 2.69. The molecule has 0 aliphatic heterocycles. The molecule has 31 heavy (non-hydrogen) atoms. The Labute approximate surface area is 175 Å². The summed E-state index contributed by atoms with van der Waals surface area (Å²) in [4.78, 5) is 31.7. The van der Waals surface area contributed by atoms with Crippen LogP contribution in [0, 0.1) is 12.7 Å². The molecule has 0 bridgehead atoms. The number of carbonyl (C=O) groups is 2. The van der Waals surface area contributed by atoms with Crippen molar-refractivity contribution < 1.29 is 36.6 Å². The maximum absolute atomic E-state index is 14.1. The van der Waals surface area contributed by atoms with E-state index in [2.05, 4.69) is 25.3 Å². The second-order valence-corrected chi connectivity index (χ2v) is 6.31. The zero-order valence-corrected chi connectivity index (χ0v) is 16.9. The number of anilines is 1. The molecule has 2 rings (SSSR count). The van der Waals surface area contributed by atoms with E-state index in [1.807, 2.05) is 0 Å². The number of halogens is 4. The predicted octanol–water partition coefficient (Wildman–Crippen LogP) is 3.15. The van der Waals surface area contributed by atoms with E-state index < -0.39 is 30.4 Å². The van der Waals surface area contributed by atoms with Gasteiger partial charge in [0.05, 0.1) is 7.11 Å². The Balaban J connectivity index is 2.14. The molecule has 0 fully saturated rings. The lowest BCUT2D eigenvalue weighted by Crippen LogP contribution is -2.24. The van der Waals surface area contributed by atoms with Crippen molar-refractivity contribution in [2.45, 2.75) is 33.0 Å². The van der Waals surface area contributed by atoms with E-state index in [0.717, 1.165) is 6.07 Å². The van der Waals surface area contributed by atoms with Gasteiger partial charge in [-0.05, 0) is 25.1 Å². The van der Waals surface area contributed by atoms with Crippen LogP contribution in [0.15, 0.2) is 18.2 Å². The average molecular weight is 444 g/mol. The first-order valence-corrected chi connectivity index (χ1v) is 9.02. The second-order valence-electron chi connectivity index (χ2n) is 6.31. The Hall–Kier alpha value is -3.44. The molecule has 0 aliphatic rings. The summed E-state index contributed by atoms with van der Waals surface area (Å²) in [5.74, 6) is -2.85. The number of carbonyl (C=O) groups excluding carboxylic acids is 2. The van der Waals surface area contributed by atoms with E-state index in [1.54, 1.807) is 13.8 Å². The van der Waals surface area contributed by atoms with E-state index in [4.69, 9.17) is 4.74 Å². The molecule has 12 heteroatoms. The van der Waals surface area contributed by atoms with Crippen molar-refractivity contribution in [3.63, 3.8) is 0 Å². The van der Waals surface area contributed by atoms with Crippen LogP contribution in [0.5, 0.6) is 11.8 Å². The van der Waals surface area contributed by atoms with E-state index in [1.165, 1.54) is 19.2 Å². The van der Waals surface area contributed by atoms with Crippen LogP contribution < -0.4 is 20.1 Å². The van der Waals surface area contributed by atoms with Gasteiger partial charge in [0.25, 0.3) is 11.8 Å². The maximum Gasteiger partial charge on any atom is 0.422 e. The van der Waals surface area contributed by atoms with Gasteiger partial charge in [0.1, 0.15) is 5.82 Å². The van der Waals surface area contributed by atoms with Crippen LogP contribution in [-0.2, 0) is 11.3 Å². The number of aryl methyl sites for hydroxylation is 1. The van der Waals surface area contributed by atoms with Crippen molar-refractivity contribution >= 4 is 17.6 Å². The first-order valence-electron chi connectivity index (χ1n) is 9.02. The molecule has 0 spiro atoms. The van der Waals surface area contributed by atoms with E-state index in [-0.39, 0.29) is 41.7 Å². The molecular formula is C19H20F4N4O4. The van der Waals surface area contributed by atoms with Crippen LogP contribution in [0.2, 0.25) is 0 Å². The van der Waals surface area contributed by atoms with Crippen molar-refractivity contribution in [3.05, 3.63) is 40.8 Å². The number of amides is 2. The number of nitrogens with zero attached hydrogens (tertiary/aromatic N) is 2. The van der Waals surface area contributed by atoms with Gasteiger partial charge in [0.2, 0.25) is 11.8 Å². The third kappa shape index (κ3) is 7.08. The van der Waals surface area contributed by atoms with Crippen LogP contribution in [0.3, 0.4) is 0 Å². The number of alkyl halides is 3. The van der Waals surface area contributed by atoms with Crippen molar-refractivity contribution in [1.82, 2.24) is 15.3 Å². The summed E-state index contributed by atoms with van der Waals surface area (Å²) in [6.45, 7) is 1.36. The summed E-state index contributed by atoms with van der Waals surface area (Å²) in [5.41, 5.74) is 0.755. The van der Waals surface area contributed by atoms with Crippen molar-refractivity contribution in [2.75, 3.05) is 19.0 Å². The maximum atomic E-state index is 14.1. The van der Waals surface area contributed by atoms with Gasteiger partial charge >= 0.3 is 6.18 Å². The predicted molar refractivity (Wildman–Crippen MR) is 101 cm³/mol. The van der Waals surface area contributed by atoms with E-state index in [9.17, 15) is 27.2 Å². The number of hydrogen-bond donors (Lipinski definition) is 2. The molecule has 2 N–H and O–H groups in total. The molecule has 0 aromatic carbocycles. The van der Waals surface area contributed by atoms with Gasteiger partial charge in [-0.1, -0.05) is 6.92 Å². The van der Waals surface area contributed by atoms with Gasteiger partial charge < -0.3 is 20.1 Å². The fraction of sp³-hybridized carbons (Fsp3) is 0.368. The third-order valence-corrected chi connectivity index (χ3v) is 3.79. The lowest BCUT2D eigenvalue weighted by molar-refractivity contribution is -0.154. The Morgan fingerprint density at radius 2 is 1.84 bits per heavy atom. The van der Waals surface area contributed by atoms with Crippen LogP contribution in [0.1, 0.15) is 35.0 Å². The largest absolute Gasteiger partial charge is 0.481 e. The molecule has 2 aromatic heterocycles. The Morgan fingerprint density at radius 1 is 1.13 bits per heavy atom. The highest BCUT2D eigenvalue weighted by Crippen LogP contribution is 2.25. The lowest BCUT2D eigenvalue weighted by Gasteiger charge is -2.13.